The molecule has 4 rings (SSSR count). The molecule has 0 unspecified atom stereocenters. The minimum atomic E-state index is -0.0998. The van der Waals surface area contributed by atoms with E-state index in [0.29, 0.717) is 42.0 Å². The molecule has 1 aromatic carbocycles. The Morgan fingerprint density at radius 3 is 2.79 bits per heavy atom. The molecule has 1 aliphatic rings. The third kappa shape index (κ3) is 4.19. The second-order valence-corrected chi connectivity index (χ2v) is 6.71. The van der Waals surface area contributed by atoms with E-state index in [1.165, 1.54) is 0 Å². The van der Waals surface area contributed by atoms with Gasteiger partial charge in [0.2, 0.25) is 17.6 Å². The summed E-state index contributed by atoms with van der Waals surface area (Å²) in [6, 6.07) is 8.97. The summed E-state index contributed by atoms with van der Waals surface area (Å²) in [7, 11) is 3.13. The quantitative estimate of drug-likeness (QED) is 0.649. The third-order valence-electron chi connectivity index (χ3n) is 4.70. The Labute approximate surface area is 167 Å². The van der Waals surface area contributed by atoms with Gasteiger partial charge in [0.25, 0.3) is 0 Å². The molecular weight excluding hydrogens is 374 g/mol. The summed E-state index contributed by atoms with van der Waals surface area (Å²) in [6.45, 7) is 1.66. The predicted octanol–water partition coefficient (Wildman–Crippen LogP) is 2.19. The minimum absolute atomic E-state index is 0.0998. The van der Waals surface area contributed by atoms with Crippen molar-refractivity contribution in [3.63, 3.8) is 0 Å². The van der Waals surface area contributed by atoms with Crippen molar-refractivity contribution in [1.82, 2.24) is 20.0 Å². The first-order valence-electron chi connectivity index (χ1n) is 9.14. The van der Waals surface area contributed by atoms with Gasteiger partial charge in [-0.3, -0.25) is 14.7 Å². The van der Waals surface area contributed by atoms with Gasteiger partial charge in [-0.2, -0.15) is 4.98 Å². The number of aromatic nitrogens is 3. The Hall–Kier alpha value is -3.46. The standard InChI is InChI=1S/C20H21N5O4/c1-27-16-6-5-15(8-17(16)28-2)22-18(26)12-25-10-14(11-25)20-23-19(24-29-20)13-4-3-7-21-9-13/h3-9,14H,10-12H2,1-2H3,(H,22,26). The van der Waals surface area contributed by atoms with Crippen LogP contribution in [0.25, 0.3) is 11.4 Å². The topological polar surface area (TPSA) is 103 Å². The van der Waals surface area contributed by atoms with Crippen LogP contribution in [0.2, 0.25) is 0 Å². The van der Waals surface area contributed by atoms with Gasteiger partial charge in [0.1, 0.15) is 0 Å². The Bertz CT molecular complexity index is 986. The fraction of sp³-hybridized carbons (Fsp3) is 0.300. The predicted molar refractivity (Wildman–Crippen MR) is 105 cm³/mol. The number of rotatable bonds is 7. The highest BCUT2D eigenvalue weighted by atomic mass is 16.5. The molecule has 1 aliphatic heterocycles. The number of likely N-dealkylation sites (tertiary alicyclic amines) is 1. The highest BCUT2D eigenvalue weighted by Crippen LogP contribution is 2.30. The summed E-state index contributed by atoms with van der Waals surface area (Å²) in [5.74, 6) is 2.31. The summed E-state index contributed by atoms with van der Waals surface area (Å²) < 4.78 is 15.8. The first-order valence-corrected chi connectivity index (χ1v) is 9.14. The monoisotopic (exact) mass is 395 g/mol. The first-order chi connectivity index (χ1) is 14.2. The van der Waals surface area contributed by atoms with Crippen molar-refractivity contribution in [2.45, 2.75) is 5.92 Å². The van der Waals surface area contributed by atoms with Crippen molar-refractivity contribution in [2.75, 3.05) is 39.2 Å². The molecule has 0 saturated carbocycles. The Morgan fingerprint density at radius 2 is 2.07 bits per heavy atom. The Kier molecular flexibility index (Phi) is 5.39. The Morgan fingerprint density at radius 1 is 1.24 bits per heavy atom. The lowest BCUT2D eigenvalue weighted by molar-refractivity contribution is -0.118. The largest absolute Gasteiger partial charge is 0.493 e. The molecule has 29 heavy (non-hydrogen) atoms. The molecular formula is C20H21N5O4. The lowest BCUT2D eigenvalue weighted by Crippen LogP contribution is -2.48. The van der Waals surface area contributed by atoms with Crippen LogP contribution in [0.5, 0.6) is 11.5 Å². The summed E-state index contributed by atoms with van der Waals surface area (Å²) in [6.07, 6.45) is 3.39. The fourth-order valence-electron chi connectivity index (χ4n) is 3.19. The molecule has 0 atom stereocenters. The van der Waals surface area contributed by atoms with Crippen LogP contribution in [0.4, 0.5) is 5.69 Å². The fourth-order valence-corrected chi connectivity index (χ4v) is 3.19. The minimum Gasteiger partial charge on any atom is -0.493 e. The molecule has 2 aromatic heterocycles. The van der Waals surface area contributed by atoms with E-state index in [1.54, 1.807) is 44.8 Å². The number of pyridine rings is 1. The van der Waals surface area contributed by atoms with Crippen LogP contribution >= 0.6 is 0 Å². The van der Waals surface area contributed by atoms with Crippen molar-refractivity contribution in [1.29, 1.82) is 0 Å². The molecule has 1 amide bonds. The molecule has 3 heterocycles. The van der Waals surface area contributed by atoms with Gasteiger partial charge in [-0.1, -0.05) is 5.16 Å². The van der Waals surface area contributed by atoms with Gasteiger partial charge in [0.05, 0.1) is 26.7 Å². The highest BCUT2D eigenvalue weighted by molar-refractivity contribution is 5.92. The molecule has 0 radical (unpaired) electrons. The maximum absolute atomic E-state index is 12.3. The van der Waals surface area contributed by atoms with E-state index in [9.17, 15) is 4.79 Å². The summed E-state index contributed by atoms with van der Waals surface area (Å²) in [4.78, 5) is 22.8. The smallest absolute Gasteiger partial charge is 0.238 e. The average Bonchev–Trinajstić information content (AvgIpc) is 3.20. The van der Waals surface area contributed by atoms with Crippen molar-refractivity contribution in [3.8, 4) is 22.9 Å². The zero-order valence-electron chi connectivity index (χ0n) is 16.2. The molecule has 0 spiro atoms. The van der Waals surface area contributed by atoms with Crippen LogP contribution in [0.15, 0.2) is 47.2 Å². The molecule has 1 fully saturated rings. The maximum atomic E-state index is 12.3. The van der Waals surface area contributed by atoms with Crippen LogP contribution in [0.3, 0.4) is 0 Å². The molecule has 1 saturated heterocycles. The van der Waals surface area contributed by atoms with E-state index in [1.807, 2.05) is 17.0 Å². The van der Waals surface area contributed by atoms with E-state index in [-0.39, 0.29) is 18.4 Å². The zero-order valence-corrected chi connectivity index (χ0v) is 16.2. The van der Waals surface area contributed by atoms with Gasteiger partial charge < -0.3 is 19.3 Å². The van der Waals surface area contributed by atoms with Crippen LogP contribution in [-0.2, 0) is 4.79 Å². The summed E-state index contributed by atoms with van der Waals surface area (Å²) in [5, 5.41) is 6.89. The van der Waals surface area contributed by atoms with Gasteiger partial charge in [0, 0.05) is 42.8 Å². The van der Waals surface area contributed by atoms with E-state index < -0.39 is 0 Å². The molecule has 3 aromatic rings. The van der Waals surface area contributed by atoms with Crippen molar-refractivity contribution < 1.29 is 18.8 Å². The number of carbonyl (C=O) groups is 1. The second-order valence-electron chi connectivity index (χ2n) is 6.71. The van der Waals surface area contributed by atoms with E-state index in [2.05, 4.69) is 20.4 Å². The SMILES string of the molecule is COc1ccc(NC(=O)CN2CC(c3nc(-c4cccnc4)no3)C2)cc1OC. The molecule has 150 valence electrons. The van der Waals surface area contributed by atoms with Gasteiger partial charge in [-0.05, 0) is 24.3 Å². The third-order valence-corrected chi connectivity index (χ3v) is 4.70. The van der Waals surface area contributed by atoms with Crippen molar-refractivity contribution >= 4 is 11.6 Å². The lowest BCUT2D eigenvalue weighted by Gasteiger charge is -2.36. The number of hydrogen-bond donors (Lipinski definition) is 1. The van der Waals surface area contributed by atoms with Gasteiger partial charge >= 0.3 is 0 Å². The van der Waals surface area contributed by atoms with Crippen LogP contribution in [0, 0.1) is 0 Å². The van der Waals surface area contributed by atoms with Crippen LogP contribution < -0.4 is 14.8 Å². The van der Waals surface area contributed by atoms with Crippen LogP contribution in [0.1, 0.15) is 11.8 Å². The number of nitrogens with zero attached hydrogens (tertiary/aromatic N) is 4. The normalized spacial score (nSPS) is 14.3. The van der Waals surface area contributed by atoms with Gasteiger partial charge in [-0.25, -0.2) is 0 Å². The van der Waals surface area contributed by atoms with Crippen molar-refractivity contribution in [2.24, 2.45) is 0 Å². The maximum Gasteiger partial charge on any atom is 0.238 e. The number of amides is 1. The molecule has 9 nitrogen and oxygen atoms in total. The van der Waals surface area contributed by atoms with Gasteiger partial charge in [0.15, 0.2) is 11.5 Å². The zero-order chi connectivity index (χ0) is 20.2. The number of nitrogens with one attached hydrogen (secondary N) is 1. The Balaban J connectivity index is 1.29. The highest BCUT2D eigenvalue weighted by Gasteiger charge is 2.33. The number of anilines is 1. The number of ether oxygens (including phenoxy) is 2. The van der Waals surface area contributed by atoms with E-state index in [4.69, 9.17) is 14.0 Å². The second kappa shape index (κ2) is 8.27. The number of methoxy groups -OCH3 is 2. The summed E-state index contributed by atoms with van der Waals surface area (Å²) >= 11 is 0. The molecule has 9 heteroatoms. The molecule has 0 aliphatic carbocycles. The van der Waals surface area contributed by atoms with Crippen LogP contribution in [-0.4, -0.2) is 59.8 Å². The number of carbonyl (C=O) groups excluding carboxylic acids is 1. The van der Waals surface area contributed by atoms with Crippen molar-refractivity contribution in [3.05, 3.63) is 48.6 Å². The van der Waals surface area contributed by atoms with Gasteiger partial charge in [-0.15, -0.1) is 0 Å². The molecule has 1 N–H and O–H groups in total. The lowest BCUT2D eigenvalue weighted by atomic mass is 10.0. The number of benzene rings is 1. The first kappa shape index (κ1) is 18.9. The number of hydrogen-bond acceptors (Lipinski definition) is 8. The van der Waals surface area contributed by atoms with E-state index in [0.717, 1.165) is 5.56 Å². The molecule has 0 bridgehead atoms. The van der Waals surface area contributed by atoms with E-state index >= 15 is 0 Å². The average molecular weight is 395 g/mol. The summed E-state index contributed by atoms with van der Waals surface area (Å²) in [5.41, 5.74) is 1.47.